The summed E-state index contributed by atoms with van der Waals surface area (Å²) in [5.41, 5.74) is 4.97. The lowest BCUT2D eigenvalue weighted by molar-refractivity contribution is -0.122. The van der Waals surface area contributed by atoms with E-state index in [4.69, 9.17) is 0 Å². The van der Waals surface area contributed by atoms with Crippen molar-refractivity contribution in [1.82, 2.24) is 5.43 Å². The van der Waals surface area contributed by atoms with E-state index in [1.807, 2.05) is 25.1 Å². The number of halogens is 1. The molecule has 0 aromatic heterocycles. The van der Waals surface area contributed by atoms with Gasteiger partial charge in [-0.15, -0.1) is 0 Å². The van der Waals surface area contributed by atoms with Crippen LogP contribution in [0.2, 0.25) is 0 Å². The van der Waals surface area contributed by atoms with Crippen LogP contribution in [0.3, 0.4) is 0 Å². The summed E-state index contributed by atoms with van der Waals surface area (Å²) >= 11 is 3.42. The molecule has 0 saturated carbocycles. The Bertz CT molecular complexity index is 569. The van der Waals surface area contributed by atoms with E-state index in [9.17, 15) is 9.59 Å². The van der Waals surface area contributed by atoms with Gasteiger partial charge in [0.15, 0.2) is 0 Å². The Labute approximate surface area is 119 Å². The molecule has 19 heavy (non-hydrogen) atoms. The predicted octanol–water partition coefficient (Wildman–Crippen LogP) is 2.27. The van der Waals surface area contributed by atoms with Gasteiger partial charge in [-0.2, -0.15) is 5.10 Å². The molecule has 2 amide bonds. The van der Waals surface area contributed by atoms with E-state index in [1.54, 1.807) is 0 Å². The molecule has 0 aliphatic carbocycles. The molecular weight excluding hydrogens is 310 g/mol. The van der Waals surface area contributed by atoms with E-state index in [0.29, 0.717) is 12.1 Å². The maximum absolute atomic E-state index is 11.2. The molecule has 1 heterocycles. The van der Waals surface area contributed by atoms with E-state index < -0.39 is 0 Å². The number of rotatable bonds is 2. The maximum Gasteiger partial charge on any atom is 0.240 e. The summed E-state index contributed by atoms with van der Waals surface area (Å²) in [5.74, 6) is -0.110. The highest BCUT2D eigenvalue weighted by Gasteiger charge is 2.22. The molecule has 0 saturated heterocycles. The van der Waals surface area contributed by atoms with Gasteiger partial charge in [0.05, 0.1) is 11.4 Å². The lowest BCUT2D eigenvalue weighted by Crippen LogP contribution is -2.31. The van der Waals surface area contributed by atoms with Gasteiger partial charge in [0.1, 0.15) is 0 Å². The summed E-state index contributed by atoms with van der Waals surface area (Å²) in [7, 11) is 0. The minimum atomic E-state index is -0.121. The van der Waals surface area contributed by atoms with Crippen LogP contribution in [0.5, 0.6) is 0 Å². The number of hydrazone groups is 1. The average molecular weight is 324 g/mol. The van der Waals surface area contributed by atoms with Crippen LogP contribution in [0.4, 0.5) is 5.69 Å². The lowest BCUT2D eigenvalue weighted by Gasteiger charge is -2.19. The van der Waals surface area contributed by atoms with Crippen molar-refractivity contribution in [2.75, 3.05) is 5.32 Å². The van der Waals surface area contributed by atoms with Gasteiger partial charge in [-0.3, -0.25) is 9.59 Å². The quantitative estimate of drug-likeness (QED) is 0.876. The van der Waals surface area contributed by atoms with Gasteiger partial charge in [-0.25, -0.2) is 5.43 Å². The molecular formula is C13H14BrN3O2. The summed E-state index contributed by atoms with van der Waals surface area (Å²) in [6.45, 7) is 3.43. The van der Waals surface area contributed by atoms with Crippen molar-refractivity contribution in [1.29, 1.82) is 0 Å². The van der Waals surface area contributed by atoms with Crippen molar-refractivity contribution in [3.63, 3.8) is 0 Å². The Morgan fingerprint density at radius 3 is 2.84 bits per heavy atom. The van der Waals surface area contributed by atoms with Crippen LogP contribution in [0.1, 0.15) is 25.8 Å². The van der Waals surface area contributed by atoms with Crippen LogP contribution < -0.4 is 10.7 Å². The Morgan fingerprint density at radius 2 is 2.26 bits per heavy atom. The Morgan fingerprint density at radius 1 is 1.53 bits per heavy atom. The fourth-order valence-corrected chi connectivity index (χ4v) is 2.45. The van der Waals surface area contributed by atoms with Gasteiger partial charge in [0, 0.05) is 23.7 Å². The third-order valence-corrected chi connectivity index (χ3v) is 3.49. The normalized spacial score (nSPS) is 18.6. The van der Waals surface area contributed by atoms with Gasteiger partial charge in [0.25, 0.3) is 0 Å². The Hall–Kier alpha value is -1.69. The summed E-state index contributed by atoms with van der Waals surface area (Å²) in [4.78, 5) is 22.3. The monoisotopic (exact) mass is 323 g/mol. The largest absolute Gasteiger partial charge is 0.325 e. The van der Waals surface area contributed by atoms with Gasteiger partial charge >= 0.3 is 0 Å². The van der Waals surface area contributed by atoms with Crippen LogP contribution in [0.15, 0.2) is 27.8 Å². The van der Waals surface area contributed by atoms with Gasteiger partial charge in [-0.1, -0.05) is 13.0 Å². The minimum Gasteiger partial charge on any atom is -0.325 e. The fraction of sp³-hybridized carbons (Fsp3) is 0.308. The summed E-state index contributed by atoms with van der Waals surface area (Å²) < 4.78 is 0.784. The molecule has 1 aliphatic heterocycles. The molecule has 2 rings (SSSR count). The van der Waals surface area contributed by atoms with Crippen LogP contribution in [0.25, 0.3) is 0 Å². The zero-order valence-corrected chi connectivity index (χ0v) is 12.2. The van der Waals surface area contributed by atoms with Crippen LogP contribution in [0, 0.1) is 5.92 Å². The van der Waals surface area contributed by atoms with E-state index in [1.165, 1.54) is 6.92 Å². The number of hydrogen-bond donors (Lipinski definition) is 2. The van der Waals surface area contributed by atoms with Crippen molar-refractivity contribution in [3.05, 3.63) is 28.2 Å². The highest BCUT2D eigenvalue weighted by Crippen LogP contribution is 2.26. The molecule has 0 bridgehead atoms. The van der Waals surface area contributed by atoms with Crippen molar-refractivity contribution in [2.45, 2.75) is 20.3 Å². The first-order valence-electron chi connectivity index (χ1n) is 5.91. The number of carbonyl (C=O) groups is 2. The first-order valence-corrected chi connectivity index (χ1v) is 6.70. The van der Waals surface area contributed by atoms with Crippen LogP contribution in [-0.2, 0) is 9.59 Å². The van der Waals surface area contributed by atoms with E-state index in [0.717, 1.165) is 15.7 Å². The number of nitrogens with one attached hydrogen (secondary N) is 2. The van der Waals surface area contributed by atoms with Crippen molar-refractivity contribution in [3.8, 4) is 0 Å². The van der Waals surface area contributed by atoms with Gasteiger partial charge in [-0.05, 0) is 33.6 Å². The summed E-state index contributed by atoms with van der Waals surface area (Å²) in [6, 6.07) is 5.58. The number of nitrogens with zero attached hydrogens (tertiary/aromatic N) is 1. The summed E-state index contributed by atoms with van der Waals surface area (Å²) in [6.07, 6.45) is 0.434. The number of amides is 2. The molecule has 1 unspecified atom stereocenters. The average Bonchev–Trinajstić information content (AvgIpc) is 2.31. The third-order valence-electron chi connectivity index (χ3n) is 2.83. The fourth-order valence-electron chi connectivity index (χ4n) is 1.97. The first-order chi connectivity index (χ1) is 8.97. The molecule has 2 N–H and O–H groups in total. The SMILES string of the molecule is CC(=O)Nc1ccc(C2=NNC(=O)CC2C)cc1Br. The van der Waals surface area contributed by atoms with Crippen LogP contribution >= 0.6 is 15.9 Å². The van der Waals surface area contributed by atoms with Crippen molar-refractivity contribution >= 4 is 39.1 Å². The molecule has 1 atom stereocenters. The Kier molecular flexibility index (Phi) is 3.99. The molecule has 5 nitrogen and oxygen atoms in total. The standard InChI is InChI=1S/C13H14BrN3O2/c1-7-5-12(19)16-17-13(7)9-3-4-11(10(14)6-9)15-8(2)18/h3-4,6-7H,5H2,1-2H3,(H,15,18)(H,16,19). The molecule has 6 heteroatoms. The van der Waals surface area contributed by atoms with E-state index in [2.05, 4.69) is 31.8 Å². The highest BCUT2D eigenvalue weighted by molar-refractivity contribution is 9.10. The molecule has 1 aliphatic rings. The van der Waals surface area contributed by atoms with Crippen molar-refractivity contribution in [2.24, 2.45) is 11.0 Å². The number of carbonyl (C=O) groups excluding carboxylic acids is 2. The minimum absolute atomic E-state index is 0.0646. The smallest absolute Gasteiger partial charge is 0.240 e. The second-order valence-electron chi connectivity index (χ2n) is 4.51. The molecule has 100 valence electrons. The molecule has 0 spiro atoms. The third kappa shape index (κ3) is 3.20. The predicted molar refractivity (Wildman–Crippen MR) is 76.9 cm³/mol. The molecule has 0 fully saturated rings. The first kappa shape index (κ1) is 13.7. The maximum atomic E-state index is 11.2. The molecule has 1 aromatic rings. The second kappa shape index (κ2) is 5.52. The Balaban J connectivity index is 2.29. The zero-order valence-electron chi connectivity index (χ0n) is 10.7. The molecule has 0 radical (unpaired) electrons. The van der Waals surface area contributed by atoms with Gasteiger partial charge < -0.3 is 5.32 Å². The molecule has 1 aromatic carbocycles. The second-order valence-corrected chi connectivity index (χ2v) is 5.37. The van der Waals surface area contributed by atoms with E-state index >= 15 is 0 Å². The topological polar surface area (TPSA) is 70.6 Å². The highest BCUT2D eigenvalue weighted by atomic mass is 79.9. The number of benzene rings is 1. The number of anilines is 1. The van der Waals surface area contributed by atoms with E-state index in [-0.39, 0.29) is 17.7 Å². The lowest BCUT2D eigenvalue weighted by atomic mass is 9.94. The number of hydrogen-bond acceptors (Lipinski definition) is 3. The van der Waals surface area contributed by atoms with Crippen LogP contribution in [-0.4, -0.2) is 17.5 Å². The van der Waals surface area contributed by atoms with Crippen molar-refractivity contribution < 1.29 is 9.59 Å². The summed E-state index contributed by atoms with van der Waals surface area (Å²) in [5, 5.41) is 6.83. The zero-order chi connectivity index (χ0) is 14.0. The van der Waals surface area contributed by atoms with Gasteiger partial charge in [0.2, 0.25) is 11.8 Å².